The summed E-state index contributed by atoms with van der Waals surface area (Å²) in [7, 11) is 0. The fourth-order valence-electron chi connectivity index (χ4n) is 2.04. The molecule has 0 radical (unpaired) electrons. The Labute approximate surface area is 144 Å². The van der Waals surface area contributed by atoms with Crippen LogP contribution in [0.25, 0.3) is 0 Å². The van der Waals surface area contributed by atoms with Crippen LogP contribution in [0.15, 0.2) is 34.9 Å². The lowest BCUT2D eigenvalue weighted by Crippen LogP contribution is -2.13. The molecule has 0 unspecified atom stereocenters. The number of rotatable bonds is 6. The molecule has 1 heterocycles. The van der Waals surface area contributed by atoms with Gasteiger partial charge in [-0.15, -0.1) is 0 Å². The first-order valence-electron chi connectivity index (χ1n) is 7.58. The van der Waals surface area contributed by atoms with E-state index in [1.807, 2.05) is 6.07 Å². The summed E-state index contributed by atoms with van der Waals surface area (Å²) in [6, 6.07) is 7.84. The van der Waals surface area contributed by atoms with Crippen molar-refractivity contribution in [3.8, 4) is 5.75 Å². The van der Waals surface area contributed by atoms with Crippen molar-refractivity contribution in [1.29, 1.82) is 0 Å². The molecule has 5 nitrogen and oxygen atoms in total. The number of nitrogens with zero attached hydrogens (tertiary/aromatic N) is 1. The van der Waals surface area contributed by atoms with Crippen molar-refractivity contribution in [2.45, 2.75) is 39.0 Å². The molecule has 0 spiro atoms. The van der Waals surface area contributed by atoms with Gasteiger partial charge >= 0.3 is 0 Å². The molecule has 0 fully saturated rings. The number of benzene rings is 1. The molecule has 1 aromatic carbocycles. The number of nitrogens with one attached hydrogen (secondary N) is 2. The van der Waals surface area contributed by atoms with Gasteiger partial charge in [0.2, 0.25) is 5.91 Å². The van der Waals surface area contributed by atoms with E-state index in [9.17, 15) is 4.79 Å². The van der Waals surface area contributed by atoms with Gasteiger partial charge in [0.25, 0.3) is 0 Å². The highest BCUT2D eigenvalue weighted by Gasteiger charge is 2.15. The quantitative estimate of drug-likeness (QED) is 0.736. The summed E-state index contributed by atoms with van der Waals surface area (Å²) in [5.41, 5.74) is 1.35. The molecule has 0 aliphatic rings. The third kappa shape index (κ3) is 5.39. The van der Waals surface area contributed by atoms with Gasteiger partial charge < -0.3 is 10.1 Å². The summed E-state index contributed by atoms with van der Waals surface area (Å²) in [6.45, 7) is 7.01. The topological polar surface area (TPSA) is 67.0 Å². The number of ether oxygens (including phenoxy) is 1. The Bertz CT molecular complexity index is 648. The molecule has 23 heavy (non-hydrogen) atoms. The monoisotopic (exact) mass is 379 g/mol. The molecule has 1 aromatic heterocycles. The zero-order chi connectivity index (χ0) is 16.9. The molecule has 0 aliphatic carbocycles. The molecule has 2 aromatic rings. The van der Waals surface area contributed by atoms with E-state index in [1.165, 1.54) is 5.56 Å². The Kier molecular flexibility index (Phi) is 5.82. The van der Waals surface area contributed by atoms with E-state index in [0.29, 0.717) is 25.3 Å². The van der Waals surface area contributed by atoms with Gasteiger partial charge in [0.1, 0.15) is 11.6 Å². The number of hydrogen-bond donors (Lipinski definition) is 2. The average Bonchev–Trinajstić information content (AvgIpc) is 2.96. The lowest BCUT2D eigenvalue weighted by atomic mass is 9.87. The van der Waals surface area contributed by atoms with Gasteiger partial charge in [-0.25, -0.2) is 0 Å². The van der Waals surface area contributed by atoms with Gasteiger partial charge in [0.15, 0.2) is 0 Å². The minimum absolute atomic E-state index is 0.0556. The SMILES string of the molecule is CC(C)(C)c1ccc(OCCCC(=O)Nc2ccn[nH]2)c(Br)c1. The van der Waals surface area contributed by atoms with Crippen LogP contribution >= 0.6 is 15.9 Å². The van der Waals surface area contributed by atoms with Crippen molar-refractivity contribution in [3.05, 3.63) is 40.5 Å². The minimum Gasteiger partial charge on any atom is -0.492 e. The van der Waals surface area contributed by atoms with Crippen LogP contribution in [0.4, 0.5) is 5.82 Å². The lowest BCUT2D eigenvalue weighted by Gasteiger charge is -2.20. The first-order chi connectivity index (χ1) is 10.9. The third-order valence-electron chi connectivity index (χ3n) is 3.38. The molecule has 6 heteroatoms. The summed E-state index contributed by atoms with van der Waals surface area (Å²) >= 11 is 3.55. The Morgan fingerprint density at radius 2 is 2.13 bits per heavy atom. The van der Waals surface area contributed by atoms with E-state index < -0.39 is 0 Å². The summed E-state index contributed by atoms with van der Waals surface area (Å²) in [5, 5.41) is 9.20. The summed E-state index contributed by atoms with van der Waals surface area (Å²) < 4.78 is 6.68. The number of aromatic nitrogens is 2. The van der Waals surface area contributed by atoms with Crippen molar-refractivity contribution in [3.63, 3.8) is 0 Å². The molecule has 2 rings (SSSR count). The predicted molar refractivity (Wildman–Crippen MR) is 94.8 cm³/mol. The van der Waals surface area contributed by atoms with Crippen LogP contribution in [-0.2, 0) is 10.2 Å². The highest BCUT2D eigenvalue weighted by atomic mass is 79.9. The molecule has 0 bridgehead atoms. The minimum atomic E-state index is -0.0556. The summed E-state index contributed by atoms with van der Waals surface area (Å²) in [6.07, 6.45) is 2.64. The van der Waals surface area contributed by atoms with Crippen LogP contribution in [0.2, 0.25) is 0 Å². The fourth-order valence-corrected chi connectivity index (χ4v) is 2.53. The molecule has 0 saturated heterocycles. The smallest absolute Gasteiger partial charge is 0.225 e. The van der Waals surface area contributed by atoms with Gasteiger partial charge in [-0.05, 0) is 45.5 Å². The normalized spacial score (nSPS) is 11.3. The molecule has 0 aliphatic heterocycles. The Balaban J connectivity index is 1.77. The summed E-state index contributed by atoms with van der Waals surface area (Å²) in [4.78, 5) is 11.7. The molecule has 124 valence electrons. The Morgan fingerprint density at radius 3 is 2.74 bits per heavy atom. The first-order valence-corrected chi connectivity index (χ1v) is 8.37. The molecule has 1 amide bonds. The maximum atomic E-state index is 11.7. The van der Waals surface area contributed by atoms with E-state index >= 15 is 0 Å². The zero-order valence-corrected chi connectivity index (χ0v) is 15.2. The second-order valence-electron chi connectivity index (χ2n) is 6.37. The Morgan fingerprint density at radius 1 is 1.35 bits per heavy atom. The number of anilines is 1. The maximum Gasteiger partial charge on any atom is 0.225 e. The number of amides is 1. The molecule has 2 N–H and O–H groups in total. The predicted octanol–water partition coefficient (Wildman–Crippen LogP) is 4.27. The van der Waals surface area contributed by atoms with E-state index in [-0.39, 0.29) is 11.3 Å². The zero-order valence-electron chi connectivity index (χ0n) is 13.6. The van der Waals surface area contributed by atoms with Crippen LogP contribution in [0.5, 0.6) is 5.75 Å². The van der Waals surface area contributed by atoms with E-state index in [2.05, 4.69) is 64.3 Å². The number of H-pyrrole nitrogens is 1. The van der Waals surface area contributed by atoms with Crippen LogP contribution in [0.1, 0.15) is 39.2 Å². The van der Waals surface area contributed by atoms with Gasteiger partial charge in [0.05, 0.1) is 17.3 Å². The number of carbonyl (C=O) groups excluding carboxylic acids is 1. The molecular formula is C17H22BrN3O2. The van der Waals surface area contributed by atoms with Crippen molar-refractivity contribution in [1.82, 2.24) is 10.2 Å². The van der Waals surface area contributed by atoms with Crippen molar-refractivity contribution < 1.29 is 9.53 Å². The highest BCUT2D eigenvalue weighted by Crippen LogP contribution is 2.31. The fraction of sp³-hybridized carbons (Fsp3) is 0.412. The Hall–Kier alpha value is -1.82. The first kappa shape index (κ1) is 17.5. The second kappa shape index (κ2) is 7.64. The van der Waals surface area contributed by atoms with Crippen molar-refractivity contribution in [2.75, 3.05) is 11.9 Å². The van der Waals surface area contributed by atoms with Gasteiger partial charge in [-0.2, -0.15) is 5.10 Å². The van der Waals surface area contributed by atoms with E-state index in [4.69, 9.17) is 4.74 Å². The highest BCUT2D eigenvalue weighted by molar-refractivity contribution is 9.10. The number of aromatic amines is 1. The van der Waals surface area contributed by atoms with E-state index in [0.717, 1.165) is 10.2 Å². The lowest BCUT2D eigenvalue weighted by molar-refractivity contribution is -0.116. The van der Waals surface area contributed by atoms with Crippen LogP contribution in [-0.4, -0.2) is 22.7 Å². The largest absolute Gasteiger partial charge is 0.492 e. The summed E-state index contributed by atoms with van der Waals surface area (Å²) in [5.74, 6) is 1.35. The molecule has 0 atom stereocenters. The van der Waals surface area contributed by atoms with Crippen LogP contribution in [0.3, 0.4) is 0 Å². The number of halogens is 1. The second-order valence-corrected chi connectivity index (χ2v) is 7.22. The van der Waals surface area contributed by atoms with Crippen molar-refractivity contribution >= 4 is 27.7 Å². The average molecular weight is 380 g/mol. The third-order valence-corrected chi connectivity index (χ3v) is 4.00. The number of carbonyl (C=O) groups is 1. The van der Waals surface area contributed by atoms with Crippen molar-refractivity contribution in [2.24, 2.45) is 0 Å². The van der Waals surface area contributed by atoms with Crippen LogP contribution in [0, 0.1) is 0 Å². The van der Waals surface area contributed by atoms with Crippen LogP contribution < -0.4 is 10.1 Å². The maximum absolute atomic E-state index is 11.7. The van der Waals surface area contributed by atoms with Gasteiger partial charge in [-0.3, -0.25) is 9.89 Å². The van der Waals surface area contributed by atoms with E-state index in [1.54, 1.807) is 12.3 Å². The standard InChI is InChI=1S/C17H22BrN3O2/c1-17(2,3)12-6-7-14(13(18)11-12)23-10-4-5-16(22)20-15-8-9-19-21-15/h6-9,11H,4-5,10H2,1-3H3,(H2,19,20,21,22). The molecular weight excluding hydrogens is 358 g/mol. The van der Waals surface area contributed by atoms with Gasteiger partial charge in [-0.1, -0.05) is 26.8 Å². The van der Waals surface area contributed by atoms with Gasteiger partial charge in [0, 0.05) is 12.5 Å². The molecule has 0 saturated carbocycles. The number of hydrogen-bond acceptors (Lipinski definition) is 3.